The standard InChI is InChI=1S/C19H16Cl3NO2/c20-12-3-1-4-13(9-12)24-10-14-18(23-25-19(14)11-7-8-11)17-15(21)5-2-6-16(17)22/h1-6,9,11,14,19H,7-8,10H2. The highest BCUT2D eigenvalue weighted by atomic mass is 35.5. The zero-order chi connectivity index (χ0) is 17.4. The number of ether oxygens (including phenoxy) is 1. The molecule has 0 N–H and O–H groups in total. The third-order valence-corrected chi connectivity index (χ3v) is 5.42. The van der Waals surface area contributed by atoms with E-state index in [1.807, 2.05) is 36.4 Å². The number of hydrogen-bond donors (Lipinski definition) is 0. The summed E-state index contributed by atoms with van der Waals surface area (Å²) in [6.45, 7) is 0.432. The largest absolute Gasteiger partial charge is 0.493 e. The quantitative estimate of drug-likeness (QED) is 0.634. The molecule has 0 saturated heterocycles. The average molecular weight is 397 g/mol. The third-order valence-electron chi connectivity index (χ3n) is 4.55. The van der Waals surface area contributed by atoms with E-state index in [4.69, 9.17) is 44.4 Å². The maximum Gasteiger partial charge on any atom is 0.142 e. The first-order valence-electron chi connectivity index (χ1n) is 8.20. The predicted molar refractivity (Wildman–Crippen MR) is 101 cm³/mol. The molecule has 2 atom stereocenters. The van der Waals surface area contributed by atoms with Gasteiger partial charge >= 0.3 is 0 Å². The van der Waals surface area contributed by atoms with Crippen LogP contribution in [0.15, 0.2) is 47.6 Å². The van der Waals surface area contributed by atoms with Gasteiger partial charge in [-0.25, -0.2) is 0 Å². The molecule has 1 aliphatic carbocycles. The van der Waals surface area contributed by atoms with E-state index in [9.17, 15) is 0 Å². The predicted octanol–water partition coefficient (Wildman–Crippen LogP) is 5.85. The molecular weight excluding hydrogens is 381 g/mol. The van der Waals surface area contributed by atoms with E-state index >= 15 is 0 Å². The number of rotatable bonds is 5. The zero-order valence-electron chi connectivity index (χ0n) is 13.3. The highest BCUT2D eigenvalue weighted by molar-refractivity contribution is 6.40. The molecule has 3 nitrogen and oxygen atoms in total. The van der Waals surface area contributed by atoms with Gasteiger partial charge in [-0.05, 0) is 49.1 Å². The Labute approximate surface area is 161 Å². The minimum absolute atomic E-state index is 0.00141. The Morgan fingerprint density at radius 3 is 2.44 bits per heavy atom. The van der Waals surface area contributed by atoms with E-state index < -0.39 is 0 Å². The molecule has 130 valence electrons. The van der Waals surface area contributed by atoms with Crippen molar-refractivity contribution >= 4 is 40.5 Å². The van der Waals surface area contributed by atoms with Gasteiger partial charge in [-0.15, -0.1) is 0 Å². The summed E-state index contributed by atoms with van der Waals surface area (Å²) in [7, 11) is 0. The van der Waals surface area contributed by atoms with Gasteiger partial charge in [-0.1, -0.05) is 52.1 Å². The summed E-state index contributed by atoms with van der Waals surface area (Å²) in [6, 6.07) is 12.8. The third kappa shape index (κ3) is 3.59. The van der Waals surface area contributed by atoms with Crippen molar-refractivity contribution in [2.45, 2.75) is 18.9 Å². The smallest absolute Gasteiger partial charge is 0.142 e. The molecule has 2 unspecified atom stereocenters. The minimum atomic E-state index is -0.0242. The van der Waals surface area contributed by atoms with E-state index in [0.29, 0.717) is 27.6 Å². The highest BCUT2D eigenvalue weighted by Crippen LogP contribution is 2.43. The Morgan fingerprint density at radius 1 is 1.04 bits per heavy atom. The Kier molecular flexibility index (Phi) is 4.81. The van der Waals surface area contributed by atoms with Gasteiger partial charge in [0, 0.05) is 10.6 Å². The summed E-state index contributed by atoms with van der Waals surface area (Å²) in [4.78, 5) is 5.74. The molecule has 1 heterocycles. The van der Waals surface area contributed by atoms with Crippen molar-refractivity contribution in [3.05, 3.63) is 63.1 Å². The van der Waals surface area contributed by atoms with Crippen LogP contribution in [0.1, 0.15) is 18.4 Å². The first-order chi connectivity index (χ1) is 12.1. The molecule has 2 aromatic rings. The van der Waals surface area contributed by atoms with Gasteiger partial charge in [0.15, 0.2) is 0 Å². The van der Waals surface area contributed by atoms with Gasteiger partial charge in [0.1, 0.15) is 24.2 Å². The van der Waals surface area contributed by atoms with Crippen LogP contribution >= 0.6 is 34.8 Å². The van der Waals surface area contributed by atoms with Crippen molar-refractivity contribution in [1.82, 2.24) is 0 Å². The average Bonchev–Trinajstić information content (AvgIpc) is 3.34. The maximum atomic E-state index is 6.38. The van der Waals surface area contributed by atoms with Crippen molar-refractivity contribution < 1.29 is 9.57 Å². The summed E-state index contributed by atoms with van der Waals surface area (Å²) < 4.78 is 5.98. The lowest BCUT2D eigenvalue weighted by Gasteiger charge is -2.20. The van der Waals surface area contributed by atoms with Gasteiger partial charge in [-0.2, -0.15) is 0 Å². The second-order valence-corrected chi connectivity index (χ2v) is 7.61. The Hall–Kier alpha value is -1.42. The van der Waals surface area contributed by atoms with Gasteiger partial charge in [-0.3, -0.25) is 0 Å². The molecule has 2 aliphatic rings. The van der Waals surface area contributed by atoms with Gasteiger partial charge in [0.05, 0.1) is 16.0 Å². The van der Waals surface area contributed by atoms with Crippen molar-refractivity contribution in [3.63, 3.8) is 0 Å². The van der Waals surface area contributed by atoms with Crippen LogP contribution in [0.4, 0.5) is 0 Å². The Bertz CT molecular complexity index is 800. The van der Waals surface area contributed by atoms with Gasteiger partial charge in [0.25, 0.3) is 0 Å². The maximum absolute atomic E-state index is 6.38. The van der Waals surface area contributed by atoms with Crippen LogP contribution < -0.4 is 4.74 Å². The van der Waals surface area contributed by atoms with Crippen LogP contribution in [0.5, 0.6) is 5.75 Å². The molecule has 0 radical (unpaired) electrons. The molecule has 6 heteroatoms. The number of nitrogens with zero attached hydrogens (tertiary/aromatic N) is 1. The van der Waals surface area contributed by atoms with Crippen molar-refractivity contribution in [2.24, 2.45) is 17.0 Å². The second-order valence-electron chi connectivity index (χ2n) is 6.36. The van der Waals surface area contributed by atoms with E-state index in [1.165, 1.54) is 0 Å². The molecule has 1 saturated carbocycles. The number of hydrogen-bond acceptors (Lipinski definition) is 3. The van der Waals surface area contributed by atoms with Gasteiger partial charge < -0.3 is 9.57 Å². The lowest BCUT2D eigenvalue weighted by atomic mass is 9.90. The monoisotopic (exact) mass is 395 g/mol. The van der Waals surface area contributed by atoms with E-state index in [2.05, 4.69) is 5.16 Å². The first kappa shape index (κ1) is 17.0. The van der Waals surface area contributed by atoms with E-state index in [0.717, 1.165) is 29.9 Å². The molecule has 0 aromatic heterocycles. The van der Waals surface area contributed by atoms with Crippen LogP contribution in [-0.4, -0.2) is 18.4 Å². The number of benzene rings is 2. The molecule has 1 aliphatic heterocycles. The zero-order valence-corrected chi connectivity index (χ0v) is 15.6. The Morgan fingerprint density at radius 2 is 1.76 bits per heavy atom. The van der Waals surface area contributed by atoms with Crippen LogP contribution in [0.3, 0.4) is 0 Å². The Balaban J connectivity index is 1.60. The summed E-state index contributed by atoms with van der Waals surface area (Å²) in [5, 5.41) is 6.10. The minimum Gasteiger partial charge on any atom is -0.493 e. The van der Waals surface area contributed by atoms with Gasteiger partial charge in [0.2, 0.25) is 0 Å². The second kappa shape index (κ2) is 7.06. The van der Waals surface area contributed by atoms with Crippen LogP contribution in [0.2, 0.25) is 15.1 Å². The molecule has 25 heavy (non-hydrogen) atoms. The summed E-state index contributed by atoms with van der Waals surface area (Å²) >= 11 is 18.8. The fourth-order valence-corrected chi connectivity index (χ4v) is 3.92. The van der Waals surface area contributed by atoms with Crippen LogP contribution in [0, 0.1) is 11.8 Å². The topological polar surface area (TPSA) is 30.8 Å². The van der Waals surface area contributed by atoms with Crippen LogP contribution in [-0.2, 0) is 4.84 Å². The fourth-order valence-electron chi connectivity index (χ4n) is 3.14. The summed E-state index contributed by atoms with van der Waals surface area (Å²) in [5.41, 5.74) is 1.49. The molecule has 0 amide bonds. The van der Waals surface area contributed by atoms with E-state index in [1.54, 1.807) is 6.07 Å². The molecule has 4 rings (SSSR count). The first-order valence-corrected chi connectivity index (χ1v) is 9.33. The number of halogens is 3. The van der Waals surface area contributed by atoms with Crippen LogP contribution in [0.25, 0.3) is 0 Å². The van der Waals surface area contributed by atoms with E-state index in [-0.39, 0.29) is 12.0 Å². The highest BCUT2D eigenvalue weighted by Gasteiger charge is 2.46. The summed E-state index contributed by atoms with van der Waals surface area (Å²) in [6.07, 6.45) is 2.30. The molecular formula is C19H16Cl3NO2. The van der Waals surface area contributed by atoms with Crippen molar-refractivity contribution in [1.29, 1.82) is 0 Å². The SMILES string of the molecule is Clc1cccc(OCC2C(c3c(Cl)cccc3Cl)=NOC2C2CC2)c1. The summed E-state index contributed by atoms with van der Waals surface area (Å²) in [5.74, 6) is 1.21. The number of oxime groups is 1. The molecule has 1 fully saturated rings. The molecule has 0 bridgehead atoms. The lowest BCUT2D eigenvalue weighted by molar-refractivity contribution is 0.0340. The normalized spacial score (nSPS) is 22.4. The van der Waals surface area contributed by atoms with Crippen molar-refractivity contribution in [3.8, 4) is 5.75 Å². The van der Waals surface area contributed by atoms with Crippen molar-refractivity contribution in [2.75, 3.05) is 6.61 Å². The molecule has 0 spiro atoms. The fraction of sp³-hybridized carbons (Fsp3) is 0.316. The molecule has 2 aromatic carbocycles. The lowest BCUT2D eigenvalue weighted by Crippen LogP contribution is -2.31.